The molecule has 0 unspecified atom stereocenters. The van der Waals surface area contributed by atoms with Crippen LogP contribution in [0.1, 0.15) is 5.69 Å². The van der Waals surface area contributed by atoms with Gasteiger partial charge in [0.2, 0.25) is 0 Å². The number of nitrogens with zero attached hydrogens (tertiary/aromatic N) is 2. The van der Waals surface area contributed by atoms with Crippen molar-refractivity contribution in [2.45, 2.75) is 0 Å². The summed E-state index contributed by atoms with van der Waals surface area (Å²) in [7, 11) is 0. The van der Waals surface area contributed by atoms with Crippen molar-refractivity contribution in [1.82, 2.24) is 4.98 Å². The van der Waals surface area contributed by atoms with E-state index < -0.39 is 0 Å². The molecule has 0 aliphatic rings. The average Bonchev–Trinajstić information content (AvgIpc) is 3.06. The number of hydrogen-bond donors (Lipinski definition) is 0. The van der Waals surface area contributed by atoms with Gasteiger partial charge in [0.25, 0.3) is 0 Å². The summed E-state index contributed by atoms with van der Waals surface area (Å²) in [5, 5.41) is 19.1. The third-order valence-electron chi connectivity index (χ3n) is 8.33. The van der Waals surface area contributed by atoms with Crippen LogP contribution in [-0.4, -0.2) is 4.98 Å². The minimum atomic E-state index is 0.425. The Kier molecular flexibility index (Phi) is 5.55. The molecule has 8 aromatic rings. The standard InChI is InChI=1S/C40H24N2/c41-25-32-24-30(20-21-42-32)28-16-17-29-23-31(19-18-27(29)22-28)39-35-11-3-5-13-37(35)40(38-14-6-4-12-36(38)39)34-15-7-9-26-8-1-2-10-33(26)34/h1-24H. The number of benzene rings is 7. The van der Waals surface area contributed by atoms with Gasteiger partial charge in [-0.05, 0) is 101 Å². The largest absolute Gasteiger partial charge is 0.246 e. The second-order valence-electron chi connectivity index (χ2n) is 10.7. The highest BCUT2D eigenvalue weighted by atomic mass is 14.7. The summed E-state index contributed by atoms with van der Waals surface area (Å²) in [6, 6.07) is 52.1. The van der Waals surface area contributed by atoms with Crippen LogP contribution in [0.15, 0.2) is 146 Å². The maximum absolute atomic E-state index is 9.29. The molecular weight excluding hydrogens is 508 g/mol. The number of pyridine rings is 1. The first-order chi connectivity index (χ1) is 20.8. The van der Waals surface area contributed by atoms with Crippen molar-refractivity contribution in [3.05, 3.63) is 151 Å². The van der Waals surface area contributed by atoms with Gasteiger partial charge in [0.1, 0.15) is 11.8 Å². The summed E-state index contributed by atoms with van der Waals surface area (Å²) < 4.78 is 0. The lowest BCUT2D eigenvalue weighted by Crippen LogP contribution is -1.91. The minimum absolute atomic E-state index is 0.425. The molecule has 0 atom stereocenters. The molecule has 0 aliphatic heterocycles. The van der Waals surface area contributed by atoms with Crippen molar-refractivity contribution < 1.29 is 0 Å². The van der Waals surface area contributed by atoms with Crippen LogP contribution in [0, 0.1) is 11.3 Å². The Morgan fingerprint density at radius 2 is 0.976 bits per heavy atom. The molecule has 0 spiro atoms. The van der Waals surface area contributed by atoms with Crippen molar-refractivity contribution in [2.24, 2.45) is 0 Å². The topological polar surface area (TPSA) is 36.7 Å². The summed E-state index contributed by atoms with van der Waals surface area (Å²) in [4.78, 5) is 4.12. The molecular formula is C40H24N2. The van der Waals surface area contributed by atoms with Crippen LogP contribution >= 0.6 is 0 Å². The van der Waals surface area contributed by atoms with E-state index in [0.29, 0.717) is 5.69 Å². The molecule has 194 valence electrons. The smallest absolute Gasteiger partial charge is 0.141 e. The van der Waals surface area contributed by atoms with E-state index in [1.54, 1.807) is 6.20 Å². The zero-order valence-corrected chi connectivity index (χ0v) is 22.8. The van der Waals surface area contributed by atoms with Gasteiger partial charge in [0, 0.05) is 6.20 Å². The van der Waals surface area contributed by atoms with Crippen molar-refractivity contribution in [3.8, 4) is 39.4 Å². The molecule has 1 heterocycles. The van der Waals surface area contributed by atoms with Gasteiger partial charge in [-0.3, -0.25) is 0 Å². The monoisotopic (exact) mass is 532 g/mol. The summed E-state index contributed by atoms with van der Waals surface area (Å²) in [5.74, 6) is 0. The van der Waals surface area contributed by atoms with Gasteiger partial charge >= 0.3 is 0 Å². The van der Waals surface area contributed by atoms with Gasteiger partial charge in [0.15, 0.2) is 0 Å². The number of rotatable bonds is 3. The summed E-state index contributed by atoms with van der Waals surface area (Å²) >= 11 is 0. The summed E-state index contributed by atoms with van der Waals surface area (Å²) in [6.07, 6.45) is 1.69. The molecule has 1 aromatic heterocycles. The zero-order chi connectivity index (χ0) is 28.0. The van der Waals surface area contributed by atoms with E-state index in [9.17, 15) is 5.26 Å². The first-order valence-corrected chi connectivity index (χ1v) is 14.1. The Labute approximate surface area is 243 Å². The van der Waals surface area contributed by atoms with Crippen LogP contribution in [-0.2, 0) is 0 Å². The maximum atomic E-state index is 9.29. The van der Waals surface area contributed by atoms with Gasteiger partial charge in [-0.15, -0.1) is 0 Å². The fourth-order valence-electron chi connectivity index (χ4n) is 6.43. The first kappa shape index (κ1) is 24.1. The third kappa shape index (κ3) is 3.84. The van der Waals surface area contributed by atoms with Crippen LogP contribution in [0.25, 0.3) is 76.5 Å². The third-order valence-corrected chi connectivity index (χ3v) is 8.33. The molecule has 0 aliphatic carbocycles. The van der Waals surface area contributed by atoms with E-state index in [1.165, 1.54) is 60.0 Å². The summed E-state index contributed by atoms with van der Waals surface area (Å²) in [5.41, 5.74) is 7.48. The van der Waals surface area contributed by atoms with E-state index in [4.69, 9.17) is 0 Å². The number of nitriles is 1. The lowest BCUT2D eigenvalue weighted by molar-refractivity contribution is 1.27. The molecule has 0 fully saturated rings. The normalized spacial score (nSPS) is 11.3. The Morgan fingerprint density at radius 3 is 1.67 bits per heavy atom. The second kappa shape index (κ2) is 9.70. The van der Waals surface area contributed by atoms with Gasteiger partial charge < -0.3 is 0 Å². The number of fused-ring (bicyclic) bond motifs is 4. The molecule has 42 heavy (non-hydrogen) atoms. The van der Waals surface area contributed by atoms with Crippen LogP contribution in [0.2, 0.25) is 0 Å². The fourth-order valence-corrected chi connectivity index (χ4v) is 6.43. The molecule has 0 bridgehead atoms. The van der Waals surface area contributed by atoms with E-state index >= 15 is 0 Å². The minimum Gasteiger partial charge on any atom is -0.246 e. The van der Waals surface area contributed by atoms with Gasteiger partial charge in [-0.25, -0.2) is 4.98 Å². The van der Waals surface area contributed by atoms with E-state index in [0.717, 1.165) is 16.5 Å². The van der Waals surface area contributed by atoms with Crippen LogP contribution in [0.5, 0.6) is 0 Å². The molecule has 0 saturated heterocycles. The highest BCUT2D eigenvalue weighted by molar-refractivity contribution is 6.23. The van der Waals surface area contributed by atoms with E-state index in [1.807, 2.05) is 12.1 Å². The fraction of sp³-hybridized carbons (Fsp3) is 0. The maximum Gasteiger partial charge on any atom is 0.141 e. The lowest BCUT2D eigenvalue weighted by atomic mass is 9.84. The van der Waals surface area contributed by atoms with Crippen molar-refractivity contribution >= 4 is 43.1 Å². The highest BCUT2D eigenvalue weighted by Crippen LogP contribution is 2.45. The predicted molar refractivity (Wildman–Crippen MR) is 175 cm³/mol. The van der Waals surface area contributed by atoms with Crippen molar-refractivity contribution in [3.63, 3.8) is 0 Å². The van der Waals surface area contributed by atoms with E-state index in [-0.39, 0.29) is 0 Å². The quantitative estimate of drug-likeness (QED) is 0.212. The second-order valence-corrected chi connectivity index (χ2v) is 10.7. The van der Waals surface area contributed by atoms with Crippen LogP contribution in [0.3, 0.4) is 0 Å². The van der Waals surface area contributed by atoms with E-state index in [2.05, 4.69) is 138 Å². The Morgan fingerprint density at radius 1 is 0.429 bits per heavy atom. The molecule has 2 nitrogen and oxygen atoms in total. The number of hydrogen-bond acceptors (Lipinski definition) is 2. The van der Waals surface area contributed by atoms with Crippen LogP contribution < -0.4 is 0 Å². The zero-order valence-electron chi connectivity index (χ0n) is 22.8. The Hall–Kier alpha value is -5.78. The SMILES string of the molecule is N#Cc1cc(-c2ccc3cc(-c4c5ccccc5c(-c5cccc6ccccc56)c5ccccc45)ccc3c2)ccn1. The van der Waals surface area contributed by atoms with Crippen molar-refractivity contribution in [1.29, 1.82) is 5.26 Å². The average molecular weight is 533 g/mol. The van der Waals surface area contributed by atoms with Crippen LogP contribution in [0.4, 0.5) is 0 Å². The summed E-state index contributed by atoms with van der Waals surface area (Å²) in [6.45, 7) is 0. The lowest BCUT2D eigenvalue weighted by Gasteiger charge is -2.19. The van der Waals surface area contributed by atoms with Gasteiger partial charge in [0.05, 0.1) is 0 Å². The Balaban J connectivity index is 1.37. The van der Waals surface area contributed by atoms with Gasteiger partial charge in [-0.2, -0.15) is 5.26 Å². The Bertz CT molecular complexity index is 2310. The molecule has 2 heteroatoms. The predicted octanol–water partition coefficient (Wildman–Crippen LogP) is 10.6. The molecule has 0 amide bonds. The number of aromatic nitrogens is 1. The molecule has 7 aromatic carbocycles. The molecule has 0 saturated carbocycles. The molecule has 0 radical (unpaired) electrons. The van der Waals surface area contributed by atoms with Gasteiger partial charge in [-0.1, -0.05) is 115 Å². The first-order valence-electron chi connectivity index (χ1n) is 14.1. The molecule has 0 N–H and O–H groups in total. The van der Waals surface area contributed by atoms with Crippen molar-refractivity contribution in [2.75, 3.05) is 0 Å². The molecule has 8 rings (SSSR count). The highest BCUT2D eigenvalue weighted by Gasteiger charge is 2.18.